The maximum Gasteiger partial charge on any atom is 0.241 e. The zero-order valence-corrected chi connectivity index (χ0v) is 13.6. The molecule has 0 aliphatic carbocycles. The van der Waals surface area contributed by atoms with Crippen molar-refractivity contribution >= 4 is 15.9 Å². The monoisotopic (exact) mass is 333 g/mol. The summed E-state index contributed by atoms with van der Waals surface area (Å²) in [5, 5.41) is 2.61. The number of hydrogen-bond donors (Lipinski definition) is 2. The number of aromatic nitrogens is 1. The van der Waals surface area contributed by atoms with Crippen LogP contribution in [0.25, 0.3) is 0 Å². The second kappa shape index (κ2) is 7.85. The van der Waals surface area contributed by atoms with Crippen molar-refractivity contribution < 1.29 is 13.2 Å². The molecule has 0 fully saturated rings. The largest absolute Gasteiger partial charge is 0.349 e. The summed E-state index contributed by atoms with van der Waals surface area (Å²) in [6.45, 7) is 1.94. The quantitative estimate of drug-likeness (QED) is 0.798. The van der Waals surface area contributed by atoms with Crippen LogP contribution in [0.15, 0.2) is 53.6 Å². The minimum atomic E-state index is -3.69. The molecule has 0 spiro atoms. The summed E-state index contributed by atoms with van der Waals surface area (Å²) in [4.78, 5) is 15.9. The van der Waals surface area contributed by atoms with E-state index in [1.54, 1.807) is 30.5 Å². The molecule has 0 unspecified atom stereocenters. The molecule has 2 rings (SSSR count). The van der Waals surface area contributed by atoms with E-state index in [-0.39, 0.29) is 18.0 Å². The number of benzene rings is 1. The van der Waals surface area contributed by atoms with Crippen molar-refractivity contribution in [1.29, 1.82) is 0 Å². The van der Waals surface area contributed by atoms with Crippen LogP contribution in [0.1, 0.15) is 18.2 Å². The lowest BCUT2D eigenvalue weighted by Gasteiger charge is -2.08. The molecule has 7 heteroatoms. The predicted molar refractivity (Wildman–Crippen MR) is 87.1 cm³/mol. The van der Waals surface area contributed by atoms with Gasteiger partial charge >= 0.3 is 0 Å². The summed E-state index contributed by atoms with van der Waals surface area (Å²) in [6.07, 6.45) is 2.47. The fourth-order valence-corrected chi connectivity index (χ4v) is 2.88. The molecule has 0 aliphatic heterocycles. The molecule has 1 aromatic carbocycles. The maximum absolute atomic E-state index is 12.1. The highest BCUT2D eigenvalue weighted by Crippen LogP contribution is 2.10. The van der Waals surface area contributed by atoms with Crippen LogP contribution >= 0.6 is 0 Å². The molecular weight excluding hydrogens is 314 g/mol. The first-order chi connectivity index (χ1) is 11.0. The van der Waals surface area contributed by atoms with Crippen LogP contribution in [0.4, 0.5) is 0 Å². The van der Waals surface area contributed by atoms with E-state index in [0.717, 1.165) is 12.0 Å². The van der Waals surface area contributed by atoms with Crippen LogP contribution in [0.5, 0.6) is 0 Å². The number of carbonyl (C=O) groups is 1. The highest BCUT2D eigenvalue weighted by atomic mass is 32.2. The van der Waals surface area contributed by atoms with Crippen molar-refractivity contribution in [3.05, 3.63) is 59.9 Å². The van der Waals surface area contributed by atoms with Gasteiger partial charge in [0.05, 0.1) is 23.7 Å². The fourth-order valence-electron chi connectivity index (χ4n) is 1.90. The van der Waals surface area contributed by atoms with Crippen molar-refractivity contribution in [2.24, 2.45) is 0 Å². The molecule has 122 valence electrons. The number of sulfonamides is 1. The average Bonchev–Trinajstić information content (AvgIpc) is 2.59. The Morgan fingerprint density at radius 2 is 1.87 bits per heavy atom. The van der Waals surface area contributed by atoms with E-state index in [1.165, 1.54) is 12.1 Å². The third-order valence-electron chi connectivity index (χ3n) is 3.26. The molecule has 1 heterocycles. The lowest BCUT2D eigenvalue weighted by Crippen LogP contribution is -2.36. The topological polar surface area (TPSA) is 88.2 Å². The normalized spacial score (nSPS) is 11.2. The van der Waals surface area contributed by atoms with Crippen molar-refractivity contribution in [3.8, 4) is 0 Å². The molecule has 2 aromatic rings. The van der Waals surface area contributed by atoms with E-state index in [4.69, 9.17) is 0 Å². The van der Waals surface area contributed by atoms with E-state index in [9.17, 15) is 13.2 Å². The number of nitrogens with zero attached hydrogens (tertiary/aromatic N) is 1. The smallest absolute Gasteiger partial charge is 0.241 e. The Balaban J connectivity index is 1.87. The van der Waals surface area contributed by atoms with E-state index in [0.29, 0.717) is 5.69 Å². The Hall–Kier alpha value is -2.25. The maximum atomic E-state index is 12.1. The van der Waals surface area contributed by atoms with Crippen LogP contribution < -0.4 is 10.0 Å². The van der Waals surface area contributed by atoms with E-state index < -0.39 is 15.9 Å². The van der Waals surface area contributed by atoms with Gasteiger partial charge in [0.25, 0.3) is 0 Å². The summed E-state index contributed by atoms with van der Waals surface area (Å²) >= 11 is 0. The van der Waals surface area contributed by atoms with Crippen LogP contribution in [0, 0.1) is 0 Å². The molecule has 0 saturated heterocycles. The summed E-state index contributed by atoms with van der Waals surface area (Å²) in [7, 11) is -3.69. The zero-order valence-electron chi connectivity index (χ0n) is 12.8. The molecular formula is C16H19N3O3S. The van der Waals surface area contributed by atoms with Gasteiger partial charge < -0.3 is 5.32 Å². The predicted octanol–water partition coefficient (Wildman–Crippen LogP) is 1.24. The number of aryl methyl sites for hydroxylation is 1. The SMILES string of the molecule is CCc1ccc(S(=O)(=O)NCC(=O)NCc2ccccn2)cc1. The number of rotatable bonds is 7. The standard InChI is InChI=1S/C16H19N3O3S/c1-2-13-6-8-15(9-7-13)23(21,22)19-12-16(20)18-11-14-5-3-4-10-17-14/h3-10,19H,2,11-12H2,1H3,(H,18,20). The van der Waals surface area contributed by atoms with Gasteiger partial charge in [-0.2, -0.15) is 0 Å². The first-order valence-corrected chi connectivity index (χ1v) is 8.75. The van der Waals surface area contributed by atoms with E-state index in [1.807, 2.05) is 13.0 Å². The summed E-state index contributed by atoms with van der Waals surface area (Å²) in [5.41, 5.74) is 1.76. The summed E-state index contributed by atoms with van der Waals surface area (Å²) < 4.78 is 26.5. The second-order valence-electron chi connectivity index (χ2n) is 4.92. The molecule has 0 aliphatic rings. The van der Waals surface area contributed by atoms with Gasteiger partial charge in [0.1, 0.15) is 0 Å². The second-order valence-corrected chi connectivity index (χ2v) is 6.69. The van der Waals surface area contributed by atoms with Gasteiger partial charge in [-0.05, 0) is 36.2 Å². The van der Waals surface area contributed by atoms with Crippen molar-refractivity contribution in [1.82, 2.24) is 15.0 Å². The van der Waals surface area contributed by atoms with Gasteiger partial charge in [0.2, 0.25) is 15.9 Å². The zero-order chi connectivity index (χ0) is 16.7. The van der Waals surface area contributed by atoms with Gasteiger partial charge in [-0.15, -0.1) is 0 Å². The summed E-state index contributed by atoms with van der Waals surface area (Å²) in [6, 6.07) is 12.0. The Labute approximate surface area is 136 Å². The van der Waals surface area contributed by atoms with Crippen LogP contribution in [-0.4, -0.2) is 25.9 Å². The molecule has 2 N–H and O–H groups in total. The molecule has 23 heavy (non-hydrogen) atoms. The van der Waals surface area contributed by atoms with Crippen molar-refractivity contribution in [3.63, 3.8) is 0 Å². The lowest BCUT2D eigenvalue weighted by molar-refractivity contribution is -0.120. The number of carbonyl (C=O) groups excluding carboxylic acids is 1. The van der Waals surface area contributed by atoms with Gasteiger partial charge in [0, 0.05) is 6.20 Å². The number of pyridine rings is 1. The number of nitrogens with one attached hydrogen (secondary N) is 2. The van der Waals surface area contributed by atoms with Crippen LogP contribution in [0.2, 0.25) is 0 Å². The Morgan fingerprint density at radius 3 is 2.48 bits per heavy atom. The van der Waals surface area contributed by atoms with Crippen LogP contribution in [-0.2, 0) is 27.8 Å². The molecule has 6 nitrogen and oxygen atoms in total. The molecule has 1 amide bonds. The minimum absolute atomic E-state index is 0.146. The van der Waals surface area contributed by atoms with E-state index >= 15 is 0 Å². The van der Waals surface area contributed by atoms with E-state index in [2.05, 4.69) is 15.0 Å². The highest BCUT2D eigenvalue weighted by Gasteiger charge is 2.15. The first kappa shape index (κ1) is 17.1. The molecule has 0 atom stereocenters. The highest BCUT2D eigenvalue weighted by molar-refractivity contribution is 7.89. The fraction of sp³-hybridized carbons (Fsp3) is 0.250. The molecule has 1 aromatic heterocycles. The third-order valence-corrected chi connectivity index (χ3v) is 4.67. The van der Waals surface area contributed by atoms with Crippen molar-refractivity contribution in [2.45, 2.75) is 24.8 Å². The molecule has 0 saturated carbocycles. The Morgan fingerprint density at radius 1 is 1.13 bits per heavy atom. The van der Waals surface area contributed by atoms with Crippen LogP contribution in [0.3, 0.4) is 0 Å². The lowest BCUT2D eigenvalue weighted by atomic mass is 10.2. The summed E-state index contributed by atoms with van der Waals surface area (Å²) in [5.74, 6) is -0.413. The van der Waals surface area contributed by atoms with Gasteiger partial charge in [-0.3, -0.25) is 9.78 Å². The first-order valence-electron chi connectivity index (χ1n) is 7.26. The number of hydrogen-bond acceptors (Lipinski definition) is 4. The minimum Gasteiger partial charge on any atom is -0.349 e. The van der Waals surface area contributed by atoms with Gasteiger partial charge in [0.15, 0.2) is 0 Å². The Kier molecular flexibility index (Phi) is 5.84. The Bertz CT molecular complexity index is 744. The molecule has 0 radical (unpaired) electrons. The third kappa shape index (κ3) is 5.15. The van der Waals surface area contributed by atoms with Crippen molar-refractivity contribution in [2.75, 3.05) is 6.54 Å². The van der Waals surface area contributed by atoms with Gasteiger partial charge in [-0.25, -0.2) is 13.1 Å². The molecule has 0 bridgehead atoms. The number of amides is 1. The van der Waals surface area contributed by atoms with Gasteiger partial charge in [-0.1, -0.05) is 25.1 Å². The average molecular weight is 333 g/mol.